The van der Waals surface area contributed by atoms with Gasteiger partial charge in [-0.15, -0.1) is 0 Å². The number of hydrogen-bond donors (Lipinski definition) is 1. The molecule has 4 rings (SSSR count). The van der Waals surface area contributed by atoms with Crippen molar-refractivity contribution in [2.24, 2.45) is 5.10 Å². The van der Waals surface area contributed by atoms with Crippen LogP contribution in [0.3, 0.4) is 0 Å². The number of aromatic hydroxyl groups is 1. The Hall–Kier alpha value is -2.59. The lowest BCUT2D eigenvalue weighted by molar-refractivity contribution is 0.461. The number of anilines is 1. The molecule has 0 amide bonds. The van der Waals surface area contributed by atoms with E-state index in [4.69, 9.17) is 5.10 Å². The number of rotatable bonds is 3. The van der Waals surface area contributed by atoms with E-state index in [2.05, 4.69) is 28.1 Å². The minimum absolute atomic E-state index is 0.0257. The van der Waals surface area contributed by atoms with Crippen LogP contribution in [0, 0.1) is 0 Å². The van der Waals surface area contributed by atoms with Crippen molar-refractivity contribution in [3.05, 3.63) is 94.5 Å². The van der Waals surface area contributed by atoms with E-state index in [1.807, 2.05) is 65.7 Å². The van der Waals surface area contributed by atoms with E-state index in [0.29, 0.717) is 5.75 Å². The normalized spacial score (nSPS) is 16.8. The minimum Gasteiger partial charge on any atom is -0.508 e. The Kier molecular flexibility index (Phi) is 4.28. The van der Waals surface area contributed by atoms with E-state index < -0.39 is 0 Å². The molecule has 1 atom stereocenters. The van der Waals surface area contributed by atoms with Crippen LogP contribution in [0.2, 0.25) is 0 Å². The van der Waals surface area contributed by atoms with Crippen molar-refractivity contribution in [3.63, 3.8) is 0 Å². The van der Waals surface area contributed by atoms with Crippen LogP contribution in [0.4, 0.5) is 5.69 Å². The molecule has 0 aromatic heterocycles. The molecule has 1 aliphatic heterocycles. The molecule has 0 radical (unpaired) electrons. The molecule has 0 saturated carbocycles. The largest absolute Gasteiger partial charge is 0.508 e. The maximum absolute atomic E-state index is 10.3. The number of benzene rings is 3. The second-order valence-corrected chi connectivity index (χ2v) is 6.93. The first-order chi connectivity index (χ1) is 12.2. The van der Waals surface area contributed by atoms with E-state index >= 15 is 0 Å². The summed E-state index contributed by atoms with van der Waals surface area (Å²) in [4.78, 5) is 0. The lowest BCUT2D eigenvalue weighted by Gasteiger charge is -2.24. The van der Waals surface area contributed by atoms with Gasteiger partial charge in [0.1, 0.15) is 5.75 Å². The van der Waals surface area contributed by atoms with Crippen LogP contribution in [0.15, 0.2) is 88.4 Å². The van der Waals surface area contributed by atoms with Crippen LogP contribution in [0.25, 0.3) is 0 Å². The third-order valence-electron chi connectivity index (χ3n) is 4.40. The summed E-state index contributed by atoms with van der Waals surface area (Å²) in [5.41, 5.74) is 4.02. The van der Waals surface area contributed by atoms with Crippen molar-refractivity contribution >= 4 is 27.3 Å². The molecule has 0 fully saturated rings. The third-order valence-corrected chi connectivity index (χ3v) is 4.93. The molecular formula is C21H17BrN2O. The average Bonchev–Trinajstić information content (AvgIpc) is 3.08. The molecule has 25 heavy (non-hydrogen) atoms. The zero-order valence-corrected chi connectivity index (χ0v) is 15.1. The van der Waals surface area contributed by atoms with Crippen molar-refractivity contribution in [2.45, 2.75) is 12.5 Å². The maximum atomic E-state index is 10.3. The van der Waals surface area contributed by atoms with Gasteiger partial charge in [-0.25, -0.2) is 0 Å². The van der Waals surface area contributed by atoms with Gasteiger partial charge in [0.05, 0.1) is 17.4 Å². The van der Waals surface area contributed by atoms with Crippen LogP contribution in [0.1, 0.15) is 23.6 Å². The quantitative estimate of drug-likeness (QED) is 0.637. The Labute approximate surface area is 155 Å². The molecule has 1 heterocycles. The molecular weight excluding hydrogens is 376 g/mol. The summed E-state index contributed by atoms with van der Waals surface area (Å²) in [6, 6.07) is 25.8. The van der Waals surface area contributed by atoms with Crippen LogP contribution in [0.5, 0.6) is 5.75 Å². The van der Waals surface area contributed by atoms with Gasteiger partial charge < -0.3 is 5.11 Å². The van der Waals surface area contributed by atoms with Gasteiger partial charge in [0.15, 0.2) is 0 Å². The van der Waals surface area contributed by atoms with Crippen molar-refractivity contribution in [1.29, 1.82) is 0 Å². The Morgan fingerprint density at radius 2 is 1.56 bits per heavy atom. The summed E-state index contributed by atoms with van der Waals surface area (Å²) in [7, 11) is 0. The van der Waals surface area contributed by atoms with Crippen LogP contribution >= 0.6 is 15.9 Å². The molecule has 3 nitrogen and oxygen atoms in total. The predicted molar refractivity (Wildman–Crippen MR) is 105 cm³/mol. The van der Waals surface area contributed by atoms with E-state index in [1.165, 1.54) is 0 Å². The first kappa shape index (κ1) is 15.9. The summed E-state index contributed by atoms with van der Waals surface area (Å²) in [6.07, 6.45) is 0.744. The number of nitrogens with zero attached hydrogens (tertiary/aromatic N) is 2. The van der Waals surface area contributed by atoms with Gasteiger partial charge in [0, 0.05) is 16.5 Å². The van der Waals surface area contributed by atoms with Crippen molar-refractivity contribution in [1.82, 2.24) is 0 Å². The van der Waals surface area contributed by atoms with Gasteiger partial charge in [0.25, 0.3) is 0 Å². The molecule has 0 saturated heterocycles. The van der Waals surface area contributed by atoms with Crippen molar-refractivity contribution in [3.8, 4) is 5.75 Å². The Morgan fingerprint density at radius 3 is 2.28 bits per heavy atom. The van der Waals surface area contributed by atoms with Gasteiger partial charge in [-0.05, 0) is 35.9 Å². The van der Waals surface area contributed by atoms with E-state index in [9.17, 15) is 5.11 Å². The van der Waals surface area contributed by atoms with Crippen molar-refractivity contribution in [2.75, 3.05) is 5.01 Å². The average molecular weight is 393 g/mol. The lowest BCUT2D eigenvalue weighted by atomic mass is 9.97. The van der Waals surface area contributed by atoms with Crippen LogP contribution in [-0.2, 0) is 0 Å². The highest BCUT2D eigenvalue weighted by molar-refractivity contribution is 9.10. The molecule has 1 aliphatic rings. The van der Waals surface area contributed by atoms with Crippen molar-refractivity contribution < 1.29 is 5.11 Å². The number of phenolic OH excluding ortho intramolecular Hbond substituents is 1. The first-order valence-electron chi connectivity index (χ1n) is 8.18. The van der Waals surface area contributed by atoms with E-state index in [-0.39, 0.29) is 6.04 Å². The summed E-state index contributed by atoms with van der Waals surface area (Å²) >= 11 is 3.48. The second kappa shape index (κ2) is 6.73. The number of hydrazone groups is 1. The Balaban J connectivity index is 1.77. The molecule has 1 N–H and O–H groups in total. The van der Waals surface area contributed by atoms with Gasteiger partial charge in [-0.3, -0.25) is 5.01 Å². The number of phenols is 1. The highest BCUT2D eigenvalue weighted by Gasteiger charge is 2.31. The summed E-state index contributed by atoms with van der Waals surface area (Å²) in [5.74, 6) is 0.306. The zero-order valence-electron chi connectivity index (χ0n) is 13.5. The number of halogens is 1. The molecule has 1 unspecified atom stereocenters. The number of hydrogen-bond acceptors (Lipinski definition) is 3. The molecule has 124 valence electrons. The third kappa shape index (κ3) is 3.17. The Bertz CT molecular complexity index is 907. The standard InChI is InChI=1S/C21H17BrN2O/c22-16-12-10-15(11-13-16)19-14-20(18-8-4-5-9-21(18)25)24(23-19)17-6-2-1-3-7-17/h1-13,20,25H,14H2. The molecule has 3 aromatic rings. The van der Waals surface area contributed by atoms with Gasteiger partial charge in [0.2, 0.25) is 0 Å². The summed E-state index contributed by atoms with van der Waals surface area (Å²) in [5, 5.41) is 17.2. The molecule has 0 aliphatic carbocycles. The summed E-state index contributed by atoms with van der Waals surface area (Å²) in [6.45, 7) is 0. The smallest absolute Gasteiger partial charge is 0.120 e. The lowest BCUT2D eigenvalue weighted by Crippen LogP contribution is -2.18. The molecule has 0 spiro atoms. The monoisotopic (exact) mass is 392 g/mol. The van der Waals surface area contributed by atoms with E-state index in [0.717, 1.165) is 33.4 Å². The molecule has 3 aromatic carbocycles. The topological polar surface area (TPSA) is 35.8 Å². The van der Waals surface area contributed by atoms with Gasteiger partial charge in [-0.2, -0.15) is 5.10 Å². The first-order valence-corrected chi connectivity index (χ1v) is 8.97. The van der Waals surface area contributed by atoms with Crippen LogP contribution < -0.4 is 5.01 Å². The highest BCUT2D eigenvalue weighted by Crippen LogP contribution is 2.39. The maximum Gasteiger partial charge on any atom is 0.120 e. The highest BCUT2D eigenvalue weighted by atomic mass is 79.9. The number of para-hydroxylation sites is 2. The zero-order chi connectivity index (χ0) is 17.2. The predicted octanol–water partition coefficient (Wildman–Crippen LogP) is 5.51. The fraction of sp³-hybridized carbons (Fsp3) is 0.0952. The molecule has 4 heteroatoms. The van der Waals surface area contributed by atoms with E-state index in [1.54, 1.807) is 6.07 Å². The van der Waals surface area contributed by atoms with Crippen LogP contribution in [-0.4, -0.2) is 10.8 Å². The SMILES string of the molecule is Oc1ccccc1C1CC(c2ccc(Br)cc2)=NN1c1ccccc1. The minimum atomic E-state index is -0.0257. The second-order valence-electron chi connectivity index (χ2n) is 6.01. The van der Waals surface area contributed by atoms with Gasteiger partial charge >= 0.3 is 0 Å². The Morgan fingerprint density at radius 1 is 0.880 bits per heavy atom. The fourth-order valence-corrected chi connectivity index (χ4v) is 3.42. The fourth-order valence-electron chi connectivity index (χ4n) is 3.16. The van der Waals surface area contributed by atoms with Gasteiger partial charge in [-0.1, -0.05) is 64.5 Å². The molecule has 0 bridgehead atoms. The summed E-state index contributed by atoms with van der Waals surface area (Å²) < 4.78 is 1.05.